The first-order valence-electron chi connectivity index (χ1n) is 18.9. The second-order valence-corrected chi connectivity index (χ2v) is 15.8. The molecule has 1 aliphatic rings. The molecule has 0 spiro atoms. The van der Waals surface area contributed by atoms with Gasteiger partial charge >= 0.3 is 0 Å². The molecule has 0 bridgehead atoms. The summed E-state index contributed by atoms with van der Waals surface area (Å²) in [7, 11) is 0. The van der Waals surface area contributed by atoms with Gasteiger partial charge in [-0.2, -0.15) is 0 Å². The highest BCUT2D eigenvalue weighted by Crippen LogP contribution is 2.60. The molecule has 1 heterocycles. The first-order chi connectivity index (χ1) is 26.3. The van der Waals surface area contributed by atoms with Crippen molar-refractivity contribution < 1.29 is 4.42 Å². The van der Waals surface area contributed by atoms with Crippen molar-refractivity contribution in [3.63, 3.8) is 0 Å². The lowest BCUT2D eigenvalue weighted by Gasteiger charge is -2.35. The van der Waals surface area contributed by atoms with Gasteiger partial charge in [0.1, 0.15) is 11.2 Å². The molecule has 0 aliphatic heterocycles. The monoisotopic (exact) mass is 695 g/mol. The minimum absolute atomic E-state index is 0.0271. The Labute approximate surface area is 316 Å². The number of furan rings is 1. The fourth-order valence-corrected chi connectivity index (χ4v) is 9.08. The van der Waals surface area contributed by atoms with Gasteiger partial charge in [0.2, 0.25) is 0 Å². The first-order valence-corrected chi connectivity index (χ1v) is 18.9. The zero-order valence-electron chi connectivity index (χ0n) is 31.1. The number of aryl methyl sites for hydroxylation is 1. The van der Waals surface area contributed by atoms with E-state index >= 15 is 0 Å². The van der Waals surface area contributed by atoms with Gasteiger partial charge in [0.15, 0.2) is 0 Å². The minimum Gasteiger partial charge on any atom is -0.456 e. The Bertz CT molecular complexity index is 2820. The standard InChI is InChI=1S/C52H41NO/c1-34-26-31-41-43(32-34)52(36-16-7-5-8-17-36,37-18-9-6-10-19-37)44-33-46(39-20-11-12-21-40(39)49(41)44)53(38-29-27-35(28-30-38)51(2,3)4)45-23-15-25-48-50(45)42-22-13-14-24-47(42)54-48/h5-33H,1-4H3. The van der Waals surface area contributed by atoms with Crippen molar-refractivity contribution in [2.75, 3.05) is 4.90 Å². The Morgan fingerprint density at radius 2 is 1.11 bits per heavy atom. The normalized spacial score (nSPS) is 13.3. The average Bonchev–Trinajstić information content (AvgIpc) is 3.72. The summed E-state index contributed by atoms with van der Waals surface area (Å²) in [6.45, 7) is 9.04. The van der Waals surface area contributed by atoms with Gasteiger partial charge < -0.3 is 9.32 Å². The smallest absolute Gasteiger partial charge is 0.137 e. The molecule has 9 aromatic rings. The number of nitrogens with zero attached hydrogens (tertiary/aromatic N) is 1. The highest BCUT2D eigenvalue weighted by molar-refractivity contribution is 6.16. The molecule has 2 heteroatoms. The summed E-state index contributed by atoms with van der Waals surface area (Å²) in [6.07, 6.45) is 0. The van der Waals surface area contributed by atoms with Gasteiger partial charge in [-0.05, 0) is 93.1 Å². The van der Waals surface area contributed by atoms with E-state index in [4.69, 9.17) is 4.42 Å². The van der Waals surface area contributed by atoms with Crippen LogP contribution in [0.1, 0.15) is 54.2 Å². The van der Waals surface area contributed by atoms with Crippen LogP contribution in [-0.4, -0.2) is 0 Å². The molecule has 0 unspecified atom stereocenters. The second-order valence-electron chi connectivity index (χ2n) is 15.8. The van der Waals surface area contributed by atoms with Crippen LogP contribution in [0.5, 0.6) is 0 Å². The maximum absolute atomic E-state index is 6.52. The van der Waals surface area contributed by atoms with Crippen LogP contribution in [0.3, 0.4) is 0 Å². The van der Waals surface area contributed by atoms with Gasteiger partial charge in [-0.15, -0.1) is 0 Å². The molecule has 1 aromatic heterocycles. The molecular weight excluding hydrogens is 655 g/mol. The molecule has 0 atom stereocenters. The van der Waals surface area contributed by atoms with Crippen molar-refractivity contribution >= 4 is 49.8 Å². The summed E-state index contributed by atoms with van der Waals surface area (Å²) in [5, 5.41) is 4.65. The SMILES string of the molecule is Cc1ccc2c(c1)C(c1ccccc1)(c1ccccc1)c1cc(N(c3ccc(C(C)(C)C)cc3)c3cccc4oc5ccccc5c34)c3ccccc3c1-2. The molecule has 1 aliphatic carbocycles. The molecule has 0 radical (unpaired) electrons. The molecular formula is C52H41NO. The number of para-hydroxylation sites is 1. The third-order valence-corrected chi connectivity index (χ3v) is 11.5. The molecule has 8 aromatic carbocycles. The molecule has 2 nitrogen and oxygen atoms in total. The predicted octanol–water partition coefficient (Wildman–Crippen LogP) is 14.2. The van der Waals surface area contributed by atoms with Gasteiger partial charge in [-0.25, -0.2) is 0 Å². The summed E-state index contributed by atoms with van der Waals surface area (Å²) >= 11 is 0. The minimum atomic E-state index is -0.548. The van der Waals surface area contributed by atoms with E-state index in [-0.39, 0.29) is 5.41 Å². The summed E-state index contributed by atoms with van der Waals surface area (Å²) < 4.78 is 6.52. The lowest BCUT2D eigenvalue weighted by Crippen LogP contribution is -2.29. The summed E-state index contributed by atoms with van der Waals surface area (Å²) in [6, 6.07) is 64.8. The third-order valence-electron chi connectivity index (χ3n) is 11.5. The molecule has 0 amide bonds. The molecule has 10 rings (SSSR count). The van der Waals surface area contributed by atoms with Crippen molar-refractivity contribution in [1.29, 1.82) is 0 Å². The van der Waals surface area contributed by atoms with E-state index in [0.29, 0.717) is 0 Å². The van der Waals surface area contributed by atoms with Crippen LogP contribution >= 0.6 is 0 Å². The summed E-state index contributed by atoms with van der Waals surface area (Å²) in [5.74, 6) is 0. The fraction of sp³-hybridized carbons (Fsp3) is 0.115. The van der Waals surface area contributed by atoms with E-state index in [1.54, 1.807) is 0 Å². The van der Waals surface area contributed by atoms with Crippen LogP contribution < -0.4 is 4.90 Å². The van der Waals surface area contributed by atoms with Crippen molar-refractivity contribution in [3.05, 3.63) is 209 Å². The topological polar surface area (TPSA) is 16.4 Å². The van der Waals surface area contributed by atoms with Crippen molar-refractivity contribution in [3.8, 4) is 11.1 Å². The Morgan fingerprint density at radius 1 is 0.500 bits per heavy atom. The van der Waals surface area contributed by atoms with E-state index in [2.05, 4.69) is 202 Å². The van der Waals surface area contributed by atoms with Crippen molar-refractivity contribution in [2.45, 2.75) is 38.5 Å². The van der Waals surface area contributed by atoms with E-state index in [1.807, 2.05) is 6.07 Å². The molecule has 54 heavy (non-hydrogen) atoms. The number of fused-ring (bicyclic) bond motifs is 8. The molecule has 0 fully saturated rings. The first kappa shape index (κ1) is 32.3. The number of anilines is 3. The largest absolute Gasteiger partial charge is 0.456 e. The number of hydrogen-bond donors (Lipinski definition) is 0. The van der Waals surface area contributed by atoms with E-state index < -0.39 is 5.41 Å². The van der Waals surface area contributed by atoms with Crippen LogP contribution in [0, 0.1) is 6.92 Å². The number of hydrogen-bond acceptors (Lipinski definition) is 2. The zero-order valence-corrected chi connectivity index (χ0v) is 31.1. The van der Waals surface area contributed by atoms with Crippen molar-refractivity contribution in [2.24, 2.45) is 0 Å². The fourth-order valence-electron chi connectivity index (χ4n) is 9.08. The summed E-state index contributed by atoms with van der Waals surface area (Å²) in [5.41, 5.74) is 14.8. The third kappa shape index (κ3) is 4.73. The highest BCUT2D eigenvalue weighted by Gasteiger charge is 2.47. The predicted molar refractivity (Wildman–Crippen MR) is 227 cm³/mol. The maximum Gasteiger partial charge on any atom is 0.137 e. The highest BCUT2D eigenvalue weighted by atomic mass is 16.3. The van der Waals surface area contributed by atoms with Crippen LogP contribution in [0.25, 0.3) is 43.8 Å². The lowest BCUT2D eigenvalue weighted by molar-refractivity contribution is 0.590. The summed E-state index contributed by atoms with van der Waals surface area (Å²) in [4.78, 5) is 2.48. The van der Waals surface area contributed by atoms with E-state index in [1.165, 1.54) is 55.3 Å². The van der Waals surface area contributed by atoms with E-state index in [9.17, 15) is 0 Å². The van der Waals surface area contributed by atoms with Gasteiger partial charge in [-0.1, -0.05) is 166 Å². The van der Waals surface area contributed by atoms with Crippen LogP contribution in [0.4, 0.5) is 17.1 Å². The lowest BCUT2D eigenvalue weighted by atomic mass is 9.67. The van der Waals surface area contributed by atoms with Gasteiger partial charge in [0.25, 0.3) is 0 Å². The van der Waals surface area contributed by atoms with Crippen LogP contribution in [-0.2, 0) is 10.8 Å². The van der Waals surface area contributed by atoms with Gasteiger partial charge in [0.05, 0.1) is 22.2 Å². The zero-order chi connectivity index (χ0) is 36.6. The Morgan fingerprint density at radius 3 is 1.80 bits per heavy atom. The van der Waals surface area contributed by atoms with Gasteiger partial charge in [0, 0.05) is 16.5 Å². The Hall–Kier alpha value is -6.38. The molecule has 260 valence electrons. The van der Waals surface area contributed by atoms with Crippen molar-refractivity contribution in [1.82, 2.24) is 0 Å². The molecule has 0 saturated heterocycles. The van der Waals surface area contributed by atoms with Gasteiger partial charge in [-0.3, -0.25) is 0 Å². The quantitative estimate of drug-likeness (QED) is 0.178. The average molecular weight is 696 g/mol. The second kappa shape index (κ2) is 12.1. The van der Waals surface area contributed by atoms with Crippen LogP contribution in [0.2, 0.25) is 0 Å². The Balaban J connectivity index is 1.37. The molecule has 0 N–H and O–H groups in total. The number of benzene rings is 8. The number of rotatable bonds is 5. The maximum atomic E-state index is 6.52. The van der Waals surface area contributed by atoms with E-state index in [0.717, 1.165) is 39.0 Å². The molecule has 0 saturated carbocycles. The Kier molecular flexibility index (Phi) is 7.22. The van der Waals surface area contributed by atoms with Crippen LogP contribution in [0.15, 0.2) is 180 Å².